The molecule has 1 aliphatic carbocycles. The van der Waals surface area contributed by atoms with Gasteiger partial charge in [0.25, 0.3) is 5.89 Å². The first-order chi connectivity index (χ1) is 9.26. The fourth-order valence-corrected chi connectivity index (χ4v) is 1.60. The zero-order valence-corrected chi connectivity index (χ0v) is 10.0. The van der Waals surface area contributed by atoms with Gasteiger partial charge in [-0.3, -0.25) is 4.79 Å². The van der Waals surface area contributed by atoms with Crippen molar-refractivity contribution in [3.63, 3.8) is 0 Å². The second-order valence-corrected chi connectivity index (χ2v) is 4.34. The quantitative estimate of drug-likeness (QED) is 0.858. The summed E-state index contributed by atoms with van der Waals surface area (Å²) in [6.45, 7) is -0.313. The number of hydrogen-bond acceptors (Lipinski definition) is 7. The van der Waals surface area contributed by atoms with Crippen LogP contribution in [-0.4, -0.2) is 15.2 Å². The molecule has 7 nitrogen and oxygen atoms in total. The fourth-order valence-electron chi connectivity index (χ4n) is 1.60. The van der Waals surface area contributed by atoms with Crippen molar-refractivity contribution in [1.82, 2.24) is 10.1 Å². The predicted molar refractivity (Wildman–Crippen MR) is 61.5 cm³/mol. The highest BCUT2D eigenvalue weighted by Crippen LogP contribution is 2.38. The molecule has 0 saturated heterocycles. The minimum absolute atomic E-state index is 0.0168. The molecule has 1 N–H and O–H groups in total. The summed E-state index contributed by atoms with van der Waals surface area (Å²) >= 11 is 0. The van der Waals surface area contributed by atoms with E-state index in [0.29, 0.717) is 17.6 Å². The number of aliphatic hydroxyl groups excluding tert-OH is 1. The second kappa shape index (κ2) is 4.85. The van der Waals surface area contributed by atoms with Crippen LogP contribution in [-0.2, 0) is 13.2 Å². The van der Waals surface area contributed by atoms with Crippen molar-refractivity contribution in [2.75, 3.05) is 0 Å². The maximum atomic E-state index is 11.6. The van der Waals surface area contributed by atoms with Crippen LogP contribution in [0.2, 0.25) is 0 Å². The first-order valence-electron chi connectivity index (χ1n) is 5.94. The molecule has 2 aromatic rings. The summed E-state index contributed by atoms with van der Waals surface area (Å²) in [5.74, 6) is 1.66. The Labute approximate surface area is 107 Å². The lowest BCUT2D eigenvalue weighted by molar-refractivity contribution is 0.222. The Morgan fingerprint density at radius 2 is 2.32 bits per heavy atom. The molecular weight excluding hydrogens is 252 g/mol. The Morgan fingerprint density at radius 1 is 1.47 bits per heavy atom. The highest BCUT2D eigenvalue weighted by atomic mass is 16.5. The molecule has 0 spiro atoms. The van der Waals surface area contributed by atoms with Crippen molar-refractivity contribution in [3.8, 4) is 5.75 Å². The highest BCUT2D eigenvalue weighted by Gasteiger charge is 2.28. The number of aliphatic hydroxyl groups is 1. The van der Waals surface area contributed by atoms with Crippen molar-refractivity contribution in [2.45, 2.75) is 32.0 Å². The van der Waals surface area contributed by atoms with E-state index in [2.05, 4.69) is 10.1 Å². The van der Waals surface area contributed by atoms with Gasteiger partial charge in [0, 0.05) is 12.0 Å². The lowest BCUT2D eigenvalue weighted by Crippen LogP contribution is -2.08. The zero-order valence-electron chi connectivity index (χ0n) is 10.0. The van der Waals surface area contributed by atoms with Crippen LogP contribution in [0.5, 0.6) is 5.75 Å². The molecular formula is C12H12N2O5. The van der Waals surface area contributed by atoms with Crippen molar-refractivity contribution in [3.05, 3.63) is 40.0 Å². The van der Waals surface area contributed by atoms with Gasteiger partial charge in [-0.15, -0.1) is 0 Å². The molecule has 0 aliphatic heterocycles. The summed E-state index contributed by atoms with van der Waals surface area (Å²) in [6.07, 6.45) is 3.34. The van der Waals surface area contributed by atoms with Gasteiger partial charge in [-0.1, -0.05) is 5.16 Å². The average Bonchev–Trinajstić information content (AvgIpc) is 3.17. The minimum atomic E-state index is -0.364. The van der Waals surface area contributed by atoms with Crippen LogP contribution in [0, 0.1) is 0 Å². The van der Waals surface area contributed by atoms with Gasteiger partial charge in [0.1, 0.15) is 18.6 Å². The van der Waals surface area contributed by atoms with E-state index in [1.54, 1.807) is 0 Å². The lowest BCUT2D eigenvalue weighted by atomic mass is 10.4. The maximum absolute atomic E-state index is 11.6. The van der Waals surface area contributed by atoms with Gasteiger partial charge in [-0.25, -0.2) is 0 Å². The molecule has 1 aliphatic rings. The van der Waals surface area contributed by atoms with Gasteiger partial charge < -0.3 is 18.8 Å². The molecule has 1 saturated carbocycles. The maximum Gasteiger partial charge on any atom is 0.264 e. The summed E-state index contributed by atoms with van der Waals surface area (Å²) in [7, 11) is 0. The standard InChI is InChI=1S/C12H12N2O5/c15-4-8-3-9(16)10(5-17-8)18-6-11-13-12(14-19-11)7-1-2-7/h3,5,7,15H,1-2,4,6H2. The first-order valence-corrected chi connectivity index (χ1v) is 5.94. The molecule has 3 rings (SSSR count). The predicted octanol–water partition coefficient (Wildman–Crippen LogP) is 0.972. The number of hydrogen-bond donors (Lipinski definition) is 1. The average molecular weight is 264 g/mol. The third-order valence-corrected chi connectivity index (χ3v) is 2.79. The molecule has 0 amide bonds. The van der Waals surface area contributed by atoms with Gasteiger partial charge in [0.05, 0.1) is 0 Å². The van der Waals surface area contributed by atoms with Crippen LogP contribution >= 0.6 is 0 Å². The molecule has 0 radical (unpaired) electrons. The second-order valence-electron chi connectivity index (χ2n) is 4.34. The van der Waals surface area contributed by atoms with Crippen LogP contribution in [0.3, 0.4) is 0 Å². The van der Waals surface area contributed by atoms with Gasteiger partial charge in [0.2, 0.25) is 11.2 Å². The van der Waals surface area contributed by atoms with Gasteiger partial charge in [0.15, 0.2) is 12.4 Å². The van der Waals surface area contributed by atoms with E-state index in [1.165, 1.54) is 6.07 Å². The number of rotatable bonds is 5. The van der Waals surface area contributed by atoms with Crippen molar-refractivity contribution >= 4 is 0 Å². The third kappa shape index (κ3) is 2.65. The van der Waals surface area contributed by atoms with Crippen LogP contribution in [0.1, 0.15) is 36.2 Å². The van der Waals surface area contributed by atoms with Crippen molar-refractivity contribution in [1.29, 1.82) is 0 Å². The van der Waals surface area contributed by atoms with Gasteiger partial charge >= 0.3 is 0 Å². The van der Waals surface area contributed by atoms with E-state index < -0.39 is 0 Å². The SMILES string of the molecule is O=c1cc(CO)occ1OCc1nc(C2CC2)no1. The Balaban J connectivity index is 1.66. The molecule has 2 heterocycles. The Morgan fingerprint density at radius 3 is 3.00 bits per heavy atom. The number of aromatic nitrogens is 2. The Kier molecular flexibility index (Phi) is 3.04. The lowest BCUT2D eigenvalue weighted by Gasteiger charge is -2.01. The Hall–Kier alpha value is -2.15. The van der Waals surface area contributed by atoms with Crippen LogP contribution in [0.25, 0.3) is 0 Å². The van der Waals surface area contributed by atoms with E-state index in [0.717, 1.165) is 19.1 Å². The smallest absolute Gasteiger partial charge is 0.264 e. The molecule has 100 valence electrons. The van der Waals surface area contributed by atoms with Crippen molar-refractivity contribution in [2.24, 2.45) is 0 Å². The van der Waals surface area contributed by atoms with Crippen molar-refractivity contribution < 1.29 is 18.8 Å². The molecule has 2 aromatic heterocycles. The molecule has 0 bridgehead atoms. The summed E-state index contributed by atoms with van der Waals surface area (Å²) in [6, 6.07) is 1.18. The summed E-state index contributed by atoms with van der Waals surface area (Å²) < 4.78 is 15.3. The van der Waals surface area contributed by atoms with E-state index in [-0.39, 0.29) is 30.2 Å². The number of nitrogens with zero attached hydrogens (tertiary/aromatic N) is 2. The molecule has 7 heteroatoms. The largest absolute Gasteiger partial charge is 0.477 e. The number of ether oxygens (including phenoxy) is 1. The van der Waals surface area contributed by atoms with Gasteiger partial charge in [-0.2, -0.15) is 4.98 Å². The monoisotopic (exact) mass is 264 g/mol. The Bertz CT molecular complexity index is 629. The minimum Gasteiger partial charge on any atom is -0.477 e. The van der Waals surface area contributed by atoms with E-state index in [1.807, 2.05) is 0 Å². The summed E-state index contributed by atoms with van der Waals surface area (Å²) in [5, 5.41) is 12.7. The zero-order chi connectivity index (χ0) is 13.2. The van der Waals surface area contributed by atoms with Crippen LogP contribution < -0.4 is 10.2 Å². The van der Waals surface area contributed by atoms with Gasteiger partial charge in [-0.05, 0) is 12.8 Å². The summed E-state index contributed by atoms with van der Waals surface area (Å²) in [4.78, 5) is 15.8. The molecule has 0 atom stereocenters. The topological polar surface area (TPSA) is 98.6 Å². The normalized spacial score (nSPS) is 14.6. The molecule has 19 heavy (non-hydrogen) atoms. The summed E-state index contributed by atoms with van der Waals surface area (Å²) in [5.41, 5.74) is -0.364. The van der Waals surface area contributed by atoms with Crippen LogP contribution in [0.4, 0.5) is 0 Å². The molecule has 1 fully saturated rings. The molecule has 0 aromatic carbocycles. The highest BCUT2D eigenvalue weighted by molar-refractivity contribution is 5.17. The molecule has 0 unspecified atom stereocenters. The van der Waals surface area contributed by atoms with E-state index in [4.69, 9.17) is 18.8 Å². The van der Waals surface area contributed by atoms with E-state index >= 15 is 0 Å². The first kappa shape index (κ1) is 11.9. The third-order valence-electron chi connectivity index (χ3n) is 2.79. The fraction of sp³-hybridized carbons (Fsp3) is 0.417. The van der Waals surface area contributed by atoms with E-state index in [9.17, 15) is 4.79 Å². The van der Waals surface area contributed by atoms with Crippen LogP contribution in [0.15, 0.2) is 26.1 Å².